The zero-order valence-corrected chi connectivity index (χ0v) is 13.4. The number of carbonyl (C=O) groups is 1. The van der Waals surface area contributed by atoms with E-state index >= 15 is 0 Å². The van der Waals surface area contributed by atoms with Gasteiger partial charge in [0.15, 0.2) is 0 Å². The number of hydrogen-bond donors (Lipinski definition) is 2. The highest BCUT2D eigenvalue weighted by Crippen LogP contribution is 2.07. The summed E-state index contributed by atoms with van der Waals surface area (Å²) in [5.74, 6) is 0.105. The van der Waals surface area contributed by atoms with Gasteiger partial charge in [-0.15, -0.1) is 0 Å². The third-order valence-electron chi connectivity index (χ3n) is 3.30. The van der Waals surface area contributed by atoms with Crippen LogP contribution in [-0.4, -0.2) is 30.6 Å². The van der Waals surface area contributed by atoms with Crippen molar-refractivity contribution in [3.05, 3.63) is 65.5 Å². The van der Waals surface area contributed by atoms with Crippen LogP contribution < -0.4 is 10.9 Å². The molecule has 3 rings (SSSR count). The molecule has 8 nitrogen and oxygen atoms in total. The van der Waals surface area contributed by atoms with Gasteiger partial charge in [0, 0.05) is 17.0 Å². The molecule has 0 aliphatic rings. The van der Waals surface area contributed by atoms with Gasteiger partial charge in [-0.25, -0.2) is 19.6 Å². The molecule has 1 aromatic carbocycles. The van der Waals surface area contributed by atoms with Crippen LogP contribution in [0.4, 0.5) is 5.95 Å². The van der Waals surface area contributed by atoms with Gasteiger partial charge in [0.05, 0.1) is 6.54 Å². The minimum absolute atomic E-state index is 0.259. The average molecular weight is 323 g/mol. The van der Waals surface area contributed by atoms with E-state index in [2.05, 4.69) is 30.9 Å². The first-order valence-electron chi connectivity index (χ1n) is 7.40. The Morgan fingerprint density at radius 1 is 1.12 bits per heavy atom. The van der Waals surface area contributed by atoms with E-state index < -0.39 is 0 Å². The maximum absolute atomic E-state index is 12.2. The fraction of sp³-hybridized carbons (Fsp3) is 0.188. The molecule has 0 saturated heterocycles. The molecule has 0 spiro atoms. The van der Waals surface area contributed by atoms with E-state index in [0.717, 1.165) is 17.0 Å². The quantitative estimate of drug-likeness (QED) is 0.690. The molecule has 122 valence electrons. The molecule has 0 atom stereocenters. The lowest BCUT2D eigenvalue weighted by molar-refractivity contribution is 0.0962. The van der Waals surface area contributed by atoms with Crippen LogP contribution in [0, 0.1) is 13.8 Å². The van der Waals surface area contributed by atoms with Crippen molar-refractivity contribution < 1.29 is 4.79 Å². The molecular formula is C16H17N7O. The molecule has 0 saturated carbocycles. The van der Waals surface area contributed by atoms with Crippen molar-refractivity contribution in [2.24, 2.45) is 0 Å². The number of amides is 1. The minimum atomic E-state index is -0.259. The molecule has 0 bridgehead atoms. The van der Waals surface area contributed by atoms with Crippen LogP contribution in [0.5, 0.6) is 0 Å². The van der Waals surface area contributed by atoms with Crippen LogP contribution >= 0.6 is 0 Å². The van der Waals surface area contributed by atoms with Gasteiger partial charge >= 0.3 is 0 Å². The summed E-state index contributed by atoms with van der Waals surface area (Å²) in [7, 11) is 0. The van der Waals surface area contributed by atoms with Crippen LogP contribution in [0.2, 0.25) is 0 Å². The normalized spacial score (nSPS) is 10.4. The van der Waals surface area contributed by atoms with Crippen LogP contribution in [0.3, 0.4) is 0 Å². The van der Waals surface area contributed by atoms with Gasteiger partial charge in [-0.1, -0.05) is 12.1 Å². The molecular weight excluding hydrogens is 306 g/mol. The Morgan fingerprint density at radius 2 is 1.83 bits per heavy atom. The van der Waals surface area contributed by atoms with Crippen LogP contribution in [0.25, 0.3) is 0 Å². The summed E-state index contributed by atoms with van der Waals surface area (Å²) in [5, 5.41) is 4.05. The molecule has 2 aromatic heterocycles. The molecule has 24 heavy (non-hydrogen) atoms. The molecule has 8 heteroatoms. The summed E-state index contributed by atoms with van der Waals surface area (Å²) in [5.41, 5.74) is 8.55. The van der Waals surface area contributed by atoms with Crippen molar-refractivity contribution >= 4 is 11.9 Å². The molecule has 0 aliphatic heterocycles. The van der Waals surface area contributed by atoms with Gasteiger partial charge in [0.25, 0.3) is 5.91 Å². The molecule has 0 radical (unpaired) electrons. The SMILES string of the molecule is Cc1cc(C)nc(NNC(=O)c2ccc(Cn3cncn3)cc2)n1. The van der Waals surface area contributed by atoms with E-state index in [-0.39, 0.29) is 5.91 Å². The second-order valence-electron chi connectivity index (χ2n) is 5.34. The van der Waals surface area contributed by atoms with Crippen molar-refractivity contribution in [1.82, 2.24) is 30.2 Å². The fourth-order valence-electron chi connectivity index (χ4n) is 2.23. The van der Waals surface area contributed by atoms with E-state index in [1.165, 1.54) is 6.33 Å². The predicted molar refractivity (Wildman–Crippen MR) is 88.2 cm³/mol. The zero-order valence-electron chi connectivity index (χ0n) is 13.4. The van der Waals surface area contributed by atoms with Gasteiger partial charge in [-0.05, 0) is 37.6 Å². The molecule has 0 fully saturated rings. The van der Waals surface area contributed by atoms with Gasteiger partial charge in [0.1, 0.15) is 12.7 Å². The number of anilines is 1. The average Bonchev–Trinajstić information content (AvgIpc) is 3.05. The Balaban J connectivity index is 1.60. The Bertz CT molecular complexity index is 808. The van der Waals surface area contributed by atoms with E-state index in [1.54, 1.807) is 23.1 Å². The number of rotatable bonds is 5. The standard InChI is InChI=1S/C16H17N7O/c1-11-7-12(2)20-16(19-11)22-21-15(24)14-5-3-13(4-6-14)8-23-10-17-9-18-23/h3-7,9-10H,8H2,1-2H3,(H,21,24)(H,19,20,22). The van der Waals surface area contributed by atoms with Crippen LogP contribution in [0.1, 0.15) is 27.3 Å². The van der Waals surface area contributed by atoms with Gasteiger partial charge in [-0.3, -0.25) is 15.6 Å². The number of hydrazine groups is 1. The molecule has 2 N–H and O–H groups in total. The highest BCUT2D eigenvalue weighted by atomic mass is 16.2. The third kappa shape index (κ3) is 3.92. The lowest BCUT2D eigenvalue weighted by atomic mass is 10.1. The molecule has 3 aromatic rings. The lowest BCUT2D eigenvalue weighted by Gasteiger charge is -2.09. The van der Waals surface area contributed by atoms with Crippen LogP contribution in [0.15, 0.2) is 43.0 Å². The second kappa shape index (κ2) is 6.86. The number of nitrogens with zero attached hydrogens (tertiary/aromatic N) is 5. The predicted octanol–water partition coefficient (Wildman–Crippen LogP) is 1.49. The first-order valence-corrected chi connectivity index (χ1v) is 7.40. The molecule has 1 amide bonds. The maximum Gasteiger partial charge on any atom is 0.269 e. The smallest absolute Gasteiger partial charge is 0.267 e. The summed E-state index contributed by atoms with van der Waals surface area (Å²) in [6.45, 7) is 4.35. The van der Waals surface area contributed by atoms with E-state index in [0.29, 0.717) is 18.1 Å². The minimum Gasteiger partial charge on any atom is -0.267 e. The number of carbonyl (C=O) groups excluding carboxylic acids is 1. The summed E-state index contributed by atoms with van der Waals surface area (Å²) < 4.78 is 1.72. The zero-order chi connectivity index (χ0) is 16.9. The highest BCUT2D eigenvalue weighted by molar-refractivity contribution is 5.94. The Morgan fingerprint density at radius 3 is 2.46 bits per heavy atom. The number of aromatic nitrogens is 5. The third-order valence-corrected chi connectivity index (χ3v) is 3.30. The Labute approximate surface area is 139 Å². The van der Waals surface area contributed by atoms with E-state index in [1.807, 2.05) is 32.0 Å². The van der Waals surface area contributed by atoms with Gasteiger partial charge in [0.2, 0.25) is 5.95 Å². The van der Waals surface area contributed by atoms with Crippen molar-refractivity contribution in [2.75, 3.05) is 5.43 Å². The number of aryl methyl sites for hydroxylation is 2. The second-order valence-corrected chi connectivity index (χ2v) is 5.34. The topological polar surface area (TPSA) is 97.6 Å². The van der Waals surface area contributed by atoms with Crippen molar-refractivity contribution in [3.63, 3.8) is 0 Å². The Hall–Kier alpha value is -3.29. The monoisotopic (exact) mass is 323 g/mol. The van der Waals surface area contributed by atoms with E-state index in [4.69, 9.17) is 0 Å². The van der Waals surface area contributed by atoms with Crippen molar-refractivity contribution in [3.8, 4) is 0 Å². The first kappa shape index (κ1) is 15.6. The number of benzene rings is 1. The highest BCUT2D eigenvalue weighted by Gasteiger charge is 2.06. The summed E-state index contributed by atoms with van der Waals surface area (Å²) >= 11 is 0. The summed E-state index contributed by atoms with van der Waals surface area (Å²) in [6.07, 6.45) is 3.14. The molecule has 0 unspecified atom stereocenters. The van der Waals surface area contributed by atoms with Crippen molar-refractivity contribution in [1.29, 1.82) is 0 Å². The van der Waals surface area contributed by atoms with Crippen LogP contribution in [-0.2, 0) is 6.54 Å². The molecule has 2 heterocycles. The summed E-state index contributed by atoms with van der Waals surface area (Å²) in [6, 6.07) is 9.13. The largest absolute Gasteiger partial charge is 0.269 e. The maximum atomic E-state index is 12.2. The summed E-state index contributed by atoms with van der Waals surface area (Å²) in [4.78, 5) is 24.5. The van der Waals surface area contributed by atoms with E-state index in [9.17, 15) is 4.79 Å². The molecule has 0 aliphatic carbocycles. The first-order chi connectivity index (χ1) is 11.6. The van der Waals surface area contributed by atoms with Crippen molar-refractivity contribution in [2.45, 2.75) is 20.4 Å². The number of nitrogens with one attached hydrogen (secondary N) is 2. The fourth-order valence-corrected chi connectivity index (χ4v) is 2.23. The Kier molecular flexibility index (Phi) is 4.46. The number of hydrogen-bond acceptors (Lipinski definition) is 6. The van der Waals surface area contributed by atoms with Gasteiger partial charge in [-0.2, -0.15) is 5.10 Å². The lowest BCUT2D eigenvalue weighted by Crippen LogP contribution is -2.30. The van der Waals surface area contributed by atoms with Gasteiger partial charge < -0.3 is 0 Å².